The van der Waals surface area contributed by atoms with Crippen molar-refractivity contribution in [2.75, 3.05) is 11.9 Å². The number of hydrogen-bond donors (Lipinski definition) is 2. The zero-order valence-electron chi connectivity index (χ0n) is 17.4. The first-order valence-corrected chi connectivity index (χ1v) is 10.0. The first kappa shape index (κ1) is 21.5. The summed E-state index contributed by atoms with van der Waals surface area (Å²) < 4.78 is 13.4. The van der Waals surface area contributed by atoms with E-state index in [2.05, 4.69) is 10.6 Å². The normalized spacial score (nSPS) is 18.5. The van der Waals surface area contributed by atoms with Crippen LogP contribution in [-0.2, 0) is 15.1 Å². The fourth-order valence-electron chi connectivity index (χ4n) is 3.66. The number of carbonyl (C=O) groups is 3. The van der Waals surface area contributed by atoms with Gasteiger partial charge >= 0.3 is 6.03 Å². The minimum atomic E-state index is -1.29. The second-order valence-corrected chi connectivity index (χ2v) is 7.70. The lowest BCUT2D eigenvalue weighted by molar-refractivity contribution is -0.134. The summed E-state index contributed by atoms with van der Waals surface area (Å²) in [6.45, 7) is 5.37. The van der Waals surface area contributed by atoms with E-state index in [1.54, 1.807) is 0 Å². The highest BCUT2D eigenvalue weighted by atomic mass is 19.1. The number of urea groups is 1. The number of amides is 4. The predicted octanol–water partition coefficient (Wildman–Crippen LogP) is 4.02. The van der Waals surface area contributed by atoms with Crippen molar-refractivity contribution in [3.63, 3.8) is 0 Å². The number of hydrogen-bond acceptors (Lipinski definition) is 3. The Morgan fingerprint density at radius 1 is 1.13 bits per heavy atom. The van der Waals surface area contributed by atoms with Gasteiger partial charge in [0.15, 0.2) is 0 Å². The van der Waals surface area contributed by atoms with Gasteiger partial charge in [-0.3, -0.25) is 14.5 Å². The number of rotatable bonds is 7. The molecule has 0 saturated carbocycles. The number of nitrogens with zero attached hydrogens (tertiary/aromatic N) is 1. The Kier molecular flexibility index (Phi) is 6.20. The molecule has 0 bridgehead atoms. The van der Waals surface area contributed by atoms with Crippen molar-refractivity contribution in [1.82, 2.24) is 10.2 Å². The summed E-state index contributed by atoms with van der Waals surface area (Å²) in [7, 11) is 0. The van der Waals surface area contributed by atoms with E-state index in [1.165, 1.54) is 24.3 Å². The van der Waals surface area contributed by atoms with E-state index in [-0.39, 0.29) is 0 Å². The Labute approximate surface area is 175 Å². The van der Waals surface area contributed by atoms with Crippen LogP contribution in [0.1, 0.15) is 42.9 Å². The Hall–Kier alpha value is -3.22. The van der Waals surface area contributed by atoms with Crippen LogP contribution in [-0.4, -0.2) is 29.3 Å². The minimum absolute atomic E-state index is 0.370. The van der Waals surface area contributed by atoms with Gasteiger partial charge in [0.1, 0.15) is 17.9 Å². The van der Waals surface area contributed by atoms with Crippen molar-refractivity contribution in [2.24, 2.45) is 0 Å². The molecule has 1 fully saturated rings. The number of halogens is 1. The van der Waals surface area contributed by atoms with Gasteiger partial charge in [-0.05, 0) is 55.2 Å². The summed E-state index contributed by atoms with van der Waals surface area (Å²) in [6.07, 6.45) is 1.87. The van der Waals surface area contributed by atoms with Crippen LogP contribution < -0.4 is 10.6 Å². The molecule has 0 aliphatic carbocycles. The van der Waals surface area contributed by atoms with Crippen molar-refractivity contribution < 1.29 is 18.8 Å². The van der Waals surface area contributed by atoms with Crippen LogP contribution >= 0.6 is 0 Å². The van der Waals surface area contributed by atoms with Crippen LogP contribution in [0.4, 0.5) is 14.9 Å². The van der Waals surface area contributed by atoms with Gasteiger partial charge in [0.05, 0.1) is 0 Å². The highest BCUT2D eigenvalue weighted by molar-refractivity contribution is 6.10. The molecule has 7 heteroatoms. The van der Waals surface area contributed by atoms with E-state index >= 15 is 0 Å². The minimum Gasteiger partial charge on any atom is -0.324 e. The zero-order valence-corrected chi connectivity index (χ0v) is 17.4. The second kappa shape index (κ2) is 8.65. The fraction of sp³-hybridized carbons (Fsp3) is 0.348. The molecule has 1 heterocycles. The van der Waals surface area contributed by atoms with Crippen LogP contribution in [0, 0.1) is 19.7 Å². The molecular formula is C23H26FN3O3. The molecule has 2 N–H and O–H groups in total. The van der Waals surface area contributed by atoms with Gasteiger partial charge in [0.25, 0.3) is 5.91 Å². The standard InChI is InChI=1S/C23H26FN3O3/c1-4-5-12-23(17-8-10-18(24)11-9-17)21(29)27(22(30)26-23)14-20(28)25-19-13-15(2)6-7-16(19)3/h6-11,13H,4-5,12,14H2,1-3H3,(H,25,28)(H,26,30)/t23-/m1/s1. The number of unbranched alkanes of at least 4 members (excludes halogenated alkanes) is 1. The number of imide groups is 1. The van der Waals surface area contributed by atoms with Crippen molar-refractivity contribution in [3.05, 3.63) is 65.0 Å². The van der Waals surface area contributed by atoms with Crippen molar-refractivity contribution in [1.29, 1.82) is 0 Å². The summed E-state index contributed by atoms with van der Waals surface area (Å²) in [6, 6.07) is 10.6. The van der Waals surface area contributed by atoms with E-state index in [0.717, 1.165) is 22.4 Å². The summed E-state index contributed by atoms with van der Waals surface area (Å²) in [5.41, 5.74) is 1.73. The quantitative estimate of drug-likeness (QED) is 0.676. The molecule has 2 aromatic carbocycles. The molecule has 1 atom stereocenters. The largest absolute Gasteiger partial charge is 0.325 e. The van der Waals surface area contributed by atoms with E-state index in [9.17, 15) is 18.8 Å². The smallest absolute Gasteiger partial charge is 0.324 e. The maximum absolute atomic E-state index is 13.4. The van der Waals surface area contributed by atoms with Crippen molar-refractivity contribution >= 4 is 23.5 Å². The molecule has 4 amide bonds. The summed E-state index contributed by atoms with van der Waals surface area (Å²) >= 11 is 0. The number of carbonyl (C=O) groups excluding carboxylic acids is 3. The first-order chi connectivity index (χ1) is 14.3. The summed E-state index contributed by atoms with van der Waals surface area (Å²) in [5.74, 6) is -1.38. The molecule has 0 radical (unpaired) electrons. The van der Waals surface area contributed by atoms with Gasteiger partial charge in [-0.1, -0.05) is 44.0 Å². The Morgan fingerprint density at radius 2 is 1.83 bits per heavy atom. The fourth-order valence-corrected chi connectivity index (χ4v) is 3.66. The molecule has 0 spiro atoms. The summed E-state index contributed by atoms with van der Waals surface area (Å²) in [5, 5.41) is 5.54. The van der Waals surface area contributed by atoms with Crippen LogP contribution in [0.3, 0.4) is 0 Å². The average molecular weight is 411 g/mol. The maximum Gasteiger partial charge on any atom is 0.325 e. The average Bonchev–Trinajstić information content (AvgIpc) is 2.95. The van der Waals surface area contributed by atoms with E-state index in [4.69, 9.17) is 0 Å². The van der Waals surface area contributed by atoms with Gasteiger partial charge in [0, 0.05) is 5.69 Å². The third kappa shape index (κ3) is 4.20. The maximum atomic E-state index is 13.4. The number of benzene rings is 2. The van der Waals surface area contributed by atoms with Crippen molar-refractivity contribution in [2.45, 2.75) is 45.6 Å². The molecular weight excluding hydrogens is 385 g/mol. The SMILES string of the molecule is CCCC[C@]1(c2ccc(F)cc2)NC(=O)N(CC(=O)Nc2cc(C)ccc2C)C1=O. The monoisotopic (exact) mass is 411 g/mol. The van der Waals surface area contributed by atoms with Gasteiger partial charge < -0.3 is 10.6 Å². The molecule has 0 aromatic heterocycles. The van der Waals surface area contributed by atoms with Gasteiger partial charge in [-0.25, -0.2) is 9.18 Å². The van der Waals surface area contributed by atoms with Crippen LogP contribution in [0.2, 0.25) is 0 Å². The molecule has 1 aliphatic rings. The molecule has 6 nitrogen and oxygen atoms in total. The lowest BCUT2D eigenvalue weighted by Gasteiger charge is -2.27. The lowest BCUT2D eigenvalue weighted by Crippen LogP contribution is -2.44. The second-order valence-electron chi connectivity index (χ2n) is 7.70. The molecule has 0 unspecified atom stereocenters. The van der Waals surface area contributed by atoms with Gasteiger partial charge in [-0.2, -0.15) is 0 Å². The third-order valence-corrected chi connectivity index (χ3v) is 5.39. The Balaban J connectivity index is 1.83. The Bertz CT molecular complexity index is 974. The van der Waals surface area contributed by atoms with Crippen LogP contribution in [0.5, 0.6) is 0 Å². The van der Waals surface area contributed by atoms with Crippen LogP contribution in [0.15, 0.2) is 42.5 Å². The van der Waals surface area contributed by atoms with Crippen molar-refractivity contribution in [3.8, 4) is 0 Å². The molecule has 3 rings (SSSR count). The van der Waals surface area contributed by atoms with Crippen LogP contribution in [0.25, 0.3) is 0 Å². The van der Waals surface area contributed by atoms with Gasteiger partial charge in [-0.15, -0.1) is 0 Å². The highest BCUT2D eigenvalue weighted by Gasteiger charge is 2.52. The van der Waals surface area contributed by atoms with E-state index in [1.807, 2.05) is 39.0 Å². The predicted molar refractivity (Wildman–Crippen MR) is 112 cm³/mol. The topological polar surface area (TPSA) is 78.5 Å². The summed E-state index contributed by atoms with van der Waals surface area (Å²) in [4.78, 5) is 39.5. The molecule has 1 aliphatic heterocycles. The number of anilines is 1. The third-order valence-electron chi connectivity index (χ3n) is 5.39. The Morgan fingerprint density at radius 3 is 2.50 bits per heavy atom. The molecule has 30 heavy (non-hydrogen) atoms. The molecule has 1 saturated heterocycles. The van der Waals surface area contributed by atoms with Gasteiger partial charge in [0.2, 0.25) is 5.91 Å². The molecule has 158 valence electrons. The zero-order chi connectivity index (χ0) is 21.9. The molecule has 2 aromatic rings. The van der Waals surface area contributed by atoms with E-state index < -0.39 is 35.7 Å². The van der Waals surface area contributed by atoms with E-state index in [0.29, 0.717) is 24.1 Å². The number of aryl methyl sites for hydroxylation is 2. The lowest BCUT2D eigenvalue weighted by atomic mass is 9.85. The number of nitrogens with one attached hydrogen (secondary N) is 2. The highest BCUT2D eigenvalue weighted by Crippen LogP contribution is 2.34. The first-order valence-electron chi connectivity index (χ1n) is 10.0.